The Bertz CT molecular complexity index is 403. The second-order valence-electron chi connectivity index (χ2n) is 3.17. The van der Waals surface area contributed by atoms with Crippen LogP contribution in [-0.4, -0.2) is 16.8 Å². The van der Waals surface area contributed by atoms with Crippen molar-refractivity contribution in [3.63, 3.8) is 0 Å². The van der Waals surface area contributed by atoms with Gasteiger partial charge < -0.3 is 5.32 Å². The Morgan fingerprint density at radius 1 is 1.57 bits per heavy atom. The maximum Gasteiger partial charge on any atom is 0.0848 e. The predicted octanol–water partition coefficient (Wildman–Crippen LogP) is 1.87. The Morgan fingerprint density at radius 3 is 3.07 bits per heavy atom. The lowest BCUT2D eigenvalue weighted by molar-refractivity contribution is 0.712. The van der Waals surface area contributed by atoms with E-state index in [1.54, 1.807) is 11.3 Å². The normalized spacial score (nSPS) is 10.7. The van der Waals surface area contributed by atoms with Crippen LogP contribution in [0.4, 0.5) is 0 Å². The molecule has 0 radical (unpaired) electrons. The van der Waals surface area contributed by atoms with Gasteiger partial charge in [0.05, 0.1) is 5.69 Å². The van der Waals surface area contributed by atoms with Gasteiger partial charge in [-0.3, -0.25) is 4.68 Å². The third-order valence-corrected chi connectivity index (χ3v) is 2.94. The van der Waals surface area contributed by atoms with E-state index in [9.17, 15) is 0 Å². The molecule has 2 rings (SSSR count). The molecule has 0 spiro atoms. The average Bonchev–Trinajstić information content (AvgIpc) is 2.74. The van der Waals surface area contributed by atoms with Crippen LogP contribution in [0, 0.1) is 0 Å². The van der Waals surface area contributed by atoms with Crippen LogP contribution in [0.3, 0.4) is 0 Å². The van der Waals surface area contributed by atoms with Gasteiger partial charge in [0.15, 0.2) is 0 Å². The second kappa shape index (κ2) is 3.94. The molecule has 0 saturated carbocycles. The fourth-order valence-electron chi connectivity index (χ4n) is 1.47. The van der Waals surface area contributed by atoms with E-state index in [0.717, 1.165) is 12.2 Å². The molecule has 2 aromatic heterocycles. The van der Waals surface area contributed by atoms with E-state index in [-0.39, 0.29) is 0 Å². The molecule has 2 heterocycles. The number of thiophene rings is 1. The molecule has 0 bridgehead atoms. The summed E-state index contributed by atoms with van der Waals surface area (Å²) in [7, 11) is 3.89. The van der Waals surface area contributed by atoms with Gasteiger partial charge in [-0.1, -0.05) is 6.07 Å². The van der Waals surface area contributed by atoms with Crippen molar-refractivity contribution in [3.05, 3.63) is 29.4 Å². The summed E-state index contributed by atoms with van der Waals surface area (Å²) in [6, 6.07) is 4.19. The first-order chi connectivity index (χ1) is 6.81. The zero-order chi connectivity index (χ0) is 9.97. The first kappa shape index (κ1) is 9.43. The smallest absolute Gasteiger partial charge is 0.0848 e. The highest BCUT2D eigenvalue weighted by Gasteiger charge is 2.09. The van der Waals surface area contributed by atoms with E-state index in [1.165, 1.54) is 10.4 Å². The summed E-state index contributed by atoms with van der Waals surface area (Å²) in [6.07, 6.45) is 2.07. The monoisotopic (exact) mass is 207 g/mol. The molecule has 14 heavy (non-hydrogen) atoms. The topological polar surface area (TPSA) is 29.9 Å². The largest absolute Gasteiger partial charge is 0.314 e. The maximum absolute atomic E-state index is 4.42. The van der Waals surface area contributed by atoms with Gasteiger partial charge in [0.2, 0.25) is 0 Å². The molecule has 0 unspecified atom stereocenters. The number of hydrogen-bond donors (Lipinski definition) is 1. The van der Waals surface area contributed by atoms with Crippen LogP contribution in [0.5, 0.6) is 0 Å². The summed E-state index contributed by atoms with van der Waals surface area (Å²) in [5.74, 6) is 0. The van der Waals surface area contributed by atoms with Gasteiger partial charge in [-0.2, -0.15) is 5.10 Å². The average molecular weight is 207 g/mol. The standard InChI is InChI=1S/C10H13N3S/c1-11-6-9-8(7-13(2)12-9)10-4-3-5-14-10/h3-5,7,11H,6H2,1-2H3. The van der Waals surface area contributed by atoms with Crippen LogP contribution < -0.4 is 5.32 Å². The third kappa shape index (κ3) is 1.71. The van der Waals surface area contributed by atoms with Crippen molar-refractivity contribution in [1.29, 1.82) is 0 Å². The van der Waals surface area contributed by atoms with E-state index < -0.39 is 0 Å². The lowest BCUT2D eigenvalue weighted by atomic mass is 10.2. The van der Waals surface area contributed by atoms with Crippen molar-refractivity contribution in [3.8, 4) is 10.4 Å². The lowest BCUT2D eigenvalue weighted by Crippen LogP contribution is -2.06. The van der Waals surface area contributed by atoms with Crippen molar-refractivity contribution >= 4 is 11.3 Å². The maximum atomic E-state index is 4.42. The van der Waals surface area contributed by atoms with Crippen LogP contribution >= 0.6 is 11.3 Å². The molecule has 0 saturated heterocycles. The fourth-order valence-corrected chi connectivity index (χ4v) is 2.23. The molecule has 0 amide bonds. The van der Waals surface area contributed by atoms with Crippen LogP contribution in [0.2, 0.25) is 0 Å². The summed E-state index contributed by atoms with van der Waals surface area (Å²) in [6.45, 7) is 0.814. The number of aryl methyl sites for hydroxylation is 1. The summed E-state index contributed by atoms with van der Waals surface area (Å²) in [5.41, 5.74) is 2.34. The van der Waals surface area contributed by atoms with E-state index in [1.807, 2.05) is 18.8 Å². The minimum atomic E-state index is 0.814. The van der Waals surface area contributed by atoms with Gasteiger partial charge in [0.25, 0.3) is 0 Å². The Labute approximate surface area is 87.4 Å². The summed E-state index contributed by atoms with van der Waals surface area (Å²) < 4.78 is 1.86. The van der Waals surface area contributed by atoms with Crippen molar-refractivity contribution in [2.45, 2.75) is 6.54 Å². The Balaban J connectivity index is 2.41. The van der Waals surface area contributed by atoms with E-state index in [4.69, 9.17) is 0 Å². The van der Waals surface area contributed by atoms with Crippen LogP contribution in [0.25, 0.3) is 10.4 Å². The third-order valence-electron chi connectivity index (χ3n) is 2.04. The molecule has 2 aromatic rings. The first-order valence-electron chi connectivity index (χ1n) is 4.52. The van der Waals surface area contributed by atoms with Gasteiger partial charge in [-0.15, -0.1) is 11.3 Å². The first-order valence-corrected chi connectivity index (χ1v) is 5.40. The molecule has 0 atom stereocenters. The molecule has 0 aliphatic carbocycles. The Kier molecular flexibility index (Phi) is 2.65. The molecule has 74 valence electrons. The van der Waals surface area contributed by atoms with Crippen molar-refractivity contribution in [2.75, 3.05) is 7.05 Å². The molecular formula is C10H13N3S. The minimum Gasteiger partial charge on any atom is -0.314 e. The molecule has 0 aliphatic rings. The number of hydrogen-bond acceptors (Lipinski definition) is 3. The van der Waals surface area contributed by atoms with Crippen LogP contribution in [0.15, 0.2) is 23.7 Å². The zero-order valence-corrected chi connectivity index (χ0v) is 9.14. The lowest BCUT2D eigenvalue weighted by Gasteiger charge is -1.97. The molecule has 0 aliphatic heterocycles. The highest BCUT2D eigenvalue weighted by molar-refractivity contribution is 7.13. The van der Waals surface area contributed by atoms with Crippen molar-refractivity contribution < 1.29 is 0 Å². The molecule has 4 heteroatoms. The minimum absolute atomic E-state index is 0.814. The van der Waals surface area contributed by atoms with Gasteiger partial charge in [0.1, 0.15) is 0 Å². The van der Waals surface area contributed by atoms with Crippen molar-refractivity contribution in [1.82, 2.24) is 15.1 Å². The van der Waals surface area contributed by atoms with Crippen LogP contribution in [-0.2, 0) is 13.6 Å². The quantitative estimate of drug-likeness (QED) is 0.832. The van der Waals surface area contributed by atoms with Crippen LogP contribution in [0.1, 0.15) is 5.69 Å². The zero-order valence-electron chi connectivity index (χ0n) is 8.32. The van der Waals surface area contributed by atoms with Gasteiger partial charge in [-0.05, 0) is 18.5 Å². The predicted molar refractivity (Wildman–Crippen MR) is 59.3 cm³/mol. The molecular weight excluding hydrogens is 194 g/mol. The summed E-state index contributed by atoms with van der Waals surface area (Å²) >= 11 is 1.75. The van der Waals surface area contributed by atoms with E-state index >= 15 is 0 Å². The highest BCUT2D eigenvalue weighted by atomic mass is 32.1. The van der Waals surface area contributed by atoms with Gasteiger partial charge in [0, 0.05) is 30.2 Å². The van der Waals surface area contributed by atoms with Gasteiger partial charge >= 0.3 is 0 Å². The highest BCUT2D eigenvalue weighted by Crippen LogP contribution is 2.27. The van der Waals surface area contributed by atoms with E-state index in [0.29, 0.717) is 0 Å². The Hall–Kier alpha value is -1.13. The fraction of sp³-hybridized carbons (Fsp3) is 0.300. The molecule has 3 nitrogen and oxygen atoms in total. The van der Waals surface area contributed by atoms with Crippen molar-refractivity contribution in [2.24, 2.45) is 7.05 Å². The number of aromatic nitrogens is 2. The second-order valence-corrected chi connectivity index (χ2v) is 4.12. The molecule has 1 N–H and O–H groups in total. The SMILES string of the molecule is CNCc1nn(C)cc1-c1cccs1. The summed E-state index contributed by atoms with van der Waals surface area (Å²) in [5, 5.41) is 9.63. The number of nitrogens with zero attached hydrogens (tertiary/aromatic N) is 2. The molecule has 0 aromatic carbocycles. The number of rotatable bonds is 3. The summed E-state index contributed by atoms with van der Waals surface area (Å²) in [4.78, 5) is 1.28. The van der Waals surface area contributed by atoms with Gasteiger partial charge in [-0.25, -0.2) is 0 Å². The number of nitrogens with one attached hydrogen (secondary N) is 1. The molecule has 0 fully saturated rings. The van der Waals surface area contributed by atoms with E-state index in [2.05, 4.69) is 34.1 Å². The Morgan fingerprint density at radius 2 is 2.43 bits per heavy atom.